The van der Waals surface area contributed by atoms with Gasteiger partial charge in [-0.05, 0) is 76.1 Å². The molecule has 1 saturated carbocycles. The molecule has 29 heavy (non-hydrogen) atoms. The summed E-state index contributed by atoms with van der Waals surface area (Å²) in [7, 11) is 0. The lowest BCUT2D eigenvalue weighted by atomic mass is 9.88. The van der Waals surface area contributed by atoms with Crippen LogP contribution in [0.1, 0.15) is 109 Å². The smallest absolute Gasteiger partial charge is 0.137 e. The number of hydrogen-bond acceptors (Lipinski definition) is 2. The van der Waals surface area contributed by atoms with Gasteiger partial charge in [0.2, 0.25) is 0 Å². The first kappa shape index (κ1) is 25.9. The van der Waals surface area contributed by atoms with Crippen LogP contribution >= 0.6 is 0 Å². The minimum atomic E-state index is 0.103. The van der Waals surface area contributed by atoms with Crippen LogP contribution in [-0.2, 0) is 4.79 Å². The standard InChI is InChI=1S/C14H20O.C13H27N/c1-4-5-9-14(12(3)15)13-10-7-6-8-11(13)2;1-3-10-14(11-4-2)12-13-8-6-5-7-9-13/h6-8,10,14H,4-5,9H2,1-3H3;13H,3-12H2,1-2H3. The molecular weight excluding hydrogens is 354 g/mol. The van der Waals surface area contributed by atoms with Crippen molar-refractivity contribution in [1.82, 2.24) is 4.90 Å². The van der Waals surface area contributed by atoms with Gasteiger partial charge >= 0.3 is 0 Å². The first-order valence-corrected chi connectivity index (χ1v) is 12.3. The highest BCUT2D eigenvalue weighted by molar-refractivity contribution is 5.83. The molecular formula is C27H47NO. The maximum absolute atomic E-state index is 11.6. The summed E-state index contributed by atoms with van der Waals surface area (Å²) < 4.78 is 0. The molecule has 0 spiro atoms. The highest BCUT2D eigenvalue weighted by Crippen LogP contribution is 2.26. The van der Waals surface area contributed by atoms with Gasteiger partial charge in [-0.1, -0.05) is 77.1 Å². The zero-order valence-corrected chi connectivity index (χ0v) is 20.0. The molecule has 1 atom stereocenters. The topological polar surface area (TPSA) is 20.3 Å². The first-order chi connectivity index (χ1) is 14.0. The van der Waals surface area contributed by atoms with Crippen molar-refractivity contribution >= 4 is 5.78 Å². The summed E-state index contributed by atoms with van der Waals surface area (Å²) in [6.45, 7) is 14.5. The third-order valence-corrected chi connectivity index (χ3v) is 6.22. The van der Waals surface area contributed by atoms with E-state index in [1.165, 1.54) is 75.7 Å². The molecule has 0 aromatic heterocycles. The lowest BCUT2D eigenvalue weighted by Crippen LogP contribution is -2.31. The number of unbranched alkanes of at least 4 members (excludes halogenated alkanes) is 1. The highest BCUT2D eigenvalue weighted by Gasteiger charge is 2.17. The van der Waals surface area contributed by atoms with Crippen molar-refractivity contribution in [2.24, 2.45) is 5.92 Å². The summed E-state index contributed by atoms with van der Waals surface area (Å²) in [5, 5.41) is 0. The van der Waals surface area contributed by atoms with Crippen LogP contribution in [-0.4, -0.2) is 30.3 Å². The Bertz CT molecular complexity index is 541. The average Bonchev–Trinajstić information content (AvgIpc) is 2.71. The molecule has 0 saturated heterocycles. The minimum Gasteiger partial charge on any atom is -0.303 e. The molecule has 166 valence electrons. The fraction of sp³-hybridized carbons (Fsp3) is 0.741. The minimum absolute atomic E-state index is 0.103. The second-order valence-electron chi connectivity index (χ2n) is 8.97. The van der Waals surface area contributed by atoms with Crippen LogP contribution in [0.5, 0.6) is 0 Å². The van der Waals surface area contributed by atoms with E-state index in [9.17, 15) is 4.79 Å². The summed E-state index contributed by atoms with van der Waals surface area (Å²) in [6, 6.07) is 8.20. The maximum Gasteiger partial charge on any atom is 0.137 e. The van der Waals surface area contributed by atoms with Crippen LogP contribution in [0.3, 0.4) is 0 Å². The van der Waals surface area contributed by atoms with Crippen LogP contribution in [0.25, 0.3) is 0 Å². The molecule has 0 aliphatic heterocycles. The molecule has 0 bridgehead atoms. The Labute approximate surface area is 181 Å². The quantitative estimate of drug-likeness (QED) is 0.381. The molecule has 1 fully saturated rings. The summed E-state index contributed by atoms with van der Waals surface area (Å²) in [6.07, 6.45) is 13.3. The number of carbonyl (C=O) groups excluding carboxylic acids is 1. The lowest BCUT2D eigenvalue weighted by molar-refractivity contribution is -0.118. The molecule has 0 amide bonds. The summed E-state index contributed by atoms with van der Waals surface area (Å²) in [5.41, 5.74) is 2.44. The number of Topliss-reactive ketones (excluding diaryl/α,β-unsaturated/α-hetero) is 1. The summed E-state index contributed by atoms with van der Waals surface area (Å²) in [5.74, 6) is 1.41. The molecule has 2 rings (SSSR count). The van der Waals surface area contributed by atoms with E-state index in [0.29, 0.717) is 0 Å². The molecule has 2 heteroatoms. The summed E-state index contributed by atoms with van der Waals surface area (Å²) in [4.78, 5) is 14.3. The van der Waals surface area contributed by atoms with Crippen molar-refractivity contribution in [3.63, 3.8) is 0 Å². The Morgan fingerprint density at radius 2 is 1.62 bits per heavy atom. The largest absolute Gasteiger partial charge is 0.303 e. The van der Waals surface area contributed by atoms with Gasteiger partial charge in [0.15, 0.2) is 0 Å². The monoisotopic (exact) mass is 401 g/mol. The van der Waals surface area contributed by atoms with Crippen molar-refractivity contribution in [2.45, 2.75) is 105 Å². The van der Waals surface area contributed by atoms with E-state index >= 15 is 0 Å². The molecule has 1 aliphatic carbocycles. The number of aryl methyl sites for hydroxylation is 1. The van der Waals surface area contributed by atoms with Crippen molar-refractivity contribution in [3.05, 3.63) is 35.4 Å². The molecule has 0 heterocycles. The van der Waals surface area contributed by atoms with E-state index in [2.05, 4.69) is 44.7 Å². The van der Waals surface area contributed by atoms with E-state index in [1.807, 2.05) is 12.1 Å². The zero-order valence-electron chi connectivity index (χ0n) is 20.0. The van der Waals surface area contributed by atoms with Crippen molar-refractivity contribution in [3.8, 4) is 0 Å². The number of hydrogen-bond donors (Lipinski definition) is 0. The predicted molar refractivity (Wildman–Crippen MR) is 128 cm³/mol. The number of benzene rings is 1. The molecule has 0 N–H and O–H groups in total. The van der Waals surface area contributed by atoms with Crippen LogP contribution in [0.4, 0.5) is 0 Å². The van der Waals surface area contributed by atoms with Crippen LogP contribution in [0.15, 0.2) is 24.3 Å². The molecule has 2 nitrogen and oxygen atoms in total. The second-order valence-corrected chi connectivity index (χ2v) is 8.97. The van der Waals surface area contributed by atoms with Gasteiger partial charge < -0.3 is 4.90 Å². The predicted octanol–water partition coefficient (Wildman–Crippen LogP) is 7.55. The molecule has 1 aromatic rings. The zero-order chi connectivity index (χ0) is 21.5. The van der Waals surface area contributed by atoms with E-state index in [-0.39, 0.29) is 11.7 Å². The lowest BCUT2D eigenvalue weighted by Gasteiger charge is -2.29. The fourth-order valence-electron chi connectivity index (χ4n) is 4.63. The maximum atomic E-state index is 11.6. The highest BCUT2D eigenvalue weighted by atomic mass is 16.1. The van der Waals surface area contributed by atoms with Crippen molar-refractivity contribution < 1.29 is 4.79 Å². The fourth-order valence-corrected chi connectivity index (χ4v) is 4.63. The van der Waals surface area contributed by atoms with Crippen LogP contribution in [0.2, 0.25) is 0 Å². The Balaban J connectivity index is 0.000000291. The number of nitrogens with zero attached hydrogens (tertiary/aromatic N) is 1. The van der Waals surface area contributed by atoms with Gasteiger partial charge in [-0.25, -0.2) is 0 Å². The van der Waals surface area contributed by atoms with Crippen LogP contribution in [0, 0.1) is 12.8 Å². The molecule has 1 aromatic carbocycles. The Morgan fingerprint density at radius 3 is 2.14 bits per heavy atom. The Morgan fingerprint density at radius 1 is 1.00 bits per heavy atom. The normalized spacial score (nSPS) is 15.7. The van der Waals surface area contributed by atoms with Gasteiger partial charge in [0, 0.05) is 12.5 Å². The molecule has 1 aliphatic rings. The molecule has 0 radical (unpaired) electrons. The van der Waals surface area contributed by atoms with E-state index in [4.69, 9.17) is 0 Å². The van der Waals surface area contributed by atoms with Crippen molar-refractivity contribution in [1.29, 1.82) is 0 Å². The Kier molecular flexibility index (Phi) is 14.0. The first-order valence-electron chi connectivity index (χ1n) is 12.3. The van der Waals surface area contributed by atoms with Gasteiger partial charge in [0.25, 0.3) is 0 Å². The van der Waals surface area contributed by atoms with Gasteiger partial charge in [-0.3, -0.25) is 4.79 Å². The third kappa shape index (κ3) is 10.4. The number of carbonyl (C=O) groups is 1. The third-order valence-electron chi connectivity index (χ3n) is 6.22. The SMILES string of the molecule is CCCCC(C(C)=O)c1ccccc1C.CCCN(CCC)CC1CCCCC1. The van der Waals surface area contributed by atoms with E-state index < -0.39 is 0 Å². The van der Waals surface area contributed by atoms with Gasteiger partial charge in [-0.15, -0.1) is 0 Å². The summed E-state index contributed by atoms with van der Waals surface area (Å²) >= 11 is 0. The van der Waals surface area contributed by atoms with Crippen molar-refractivity contribution in [2.75, 3.05) is 19.6 Å². The number of ketones is 1. The van der Waals surface area contributed by atoms with E-state index in [0.717, 1.165) is 25.2 Å². The number of rotatable bonds is 11. The van der Waals surface area contributed by atoms with Gasteiger partial charge in [0.1, 0.15) is 5.78 Å². The van der Waals surface area contributed by atoms with E-state index in [1.54, 1.807) is 6.92 Å². The van der Waals surface area contributed by atoms with Gasteiger partial charge in [0.05, 0.1) is 0 Å². The van der Waals surface area contributed by atoms with Gasteiger partial charge in [-0.2, -0.15) is 0 Å². The van der Waals surface area contributed by atoms with Crippen LogP contribution < -0.4 is 0 Å². The second kappa shape index (κ2) is 15.7. The Hall–Kier alpha value is -1.15. The molecule has 1 unspecified atom stereocenters. The average molecular weight is 402 g/mol.